The normalized spacial score (nSPS) is 11.3. The van der Waals surface area contributed by atoms with Crippen molar-refractivity contribution in [2.75, 3.05) is 20.1 Å². The fourth-order valence-corrected chi connectivity index (χ4v) is 1.05. The Bertz CT molecular complexity index is 270. The summed E-state index contributed by atoms with van der Waals surface area (Å²) in [5.74, 6) is 1.81. The van der Waals surface area contributed by atoms with Gasteiger partial charge in [-0.2, -0.15) is 0 Å². The lowest BCUT2D eigenvalue weighted by molar-refractivity contribution is -0.136. The summed E-state index contributed by atoms with van der Waals surface area (Å²) in [5, 5.41) is 2.44. The van der Waals surface area contributed by atoms with Gasteiger partial charge in [-0.15, -0.1) is 12.3 Å². The molecule has 0 spiro atoms. The lowest BCUT2D eigenvalue weighted by Crippen LogP contribution is -2.47. The van der Waals surface area contributed by atoms with Gasteiger partial charge in [0.1, 0.15) is 0 Å². The van der Waals surface area contributed by atoms with Gasteiger partial charge in [-0.3, -0.25) is 9.59 Å². The minimum atomic E-state index is -0.723. The summed E-state index contributed by atoms with van der Waals surface area (Å²) in [6, 6.07) is -0.723. The van der Waals surface area contributed by atoms with Crippen LogP contribution in [0.25, 0.3) is 0 Å². The van der Waals surface area contributed by atoms with Gasteiger partial charge in [0.05, 0.1) is 12.6 Å². The largest absolute Gasteiger partial charge is 0.358 e. The van der Waals surface area contributed by atoms with Crippen molar-refractivity contribution < 1.29 is 9.59 Å². The van der Waals surface area contributed by atoms with E-state index < -0.39 is 6.04 Å². The monoisotopic (exact) mass is 211 g/mol. The molecule has 0 aliphatic carbocycles. The van der Waals surface area contributed by atoms with E-state index in [1.54, 1.807) is 6.92 Å². The molecule has 1 atom stereocenters. The van der Waals surface area contributed by atoms with E-state index in [-0.39, 0.29) is 24.8 Å². The number of hydrogen-bond donors (Lipinski definition) is 2. The molecule has 5 nitrogen and oxygen atoms in total. The molecular formula is C10H17N3O2. The highest BCUT2D eigenvalue weighted by molar-refractivity contribution is 5.87. The first-order valence-electron chi connectivity index (χ1n) is 4.75. The Hall–Kier alpha value is -1.54. The molecule has 5 heteroatoms. The molecule has 15 heavy (non-hydrogen) atoms. The van der Waals surface area contributed by atoms with Gasteiger partial charge in [0.2, 0.25) is 11.8 Å². The second-order valence-electron chi connectivity index (χ2n) is 3.04. The van der Waals surface area contributed by atoms with Crippen LogP contribution in [-0.4, -0.2) is 42.9 Å². The van der Waals surface area contributed by atoms with E-state index in [1.807, 2.05) is 0 Å². The molecule has 0 saturated carbocycles. The standard InChI is InChI=1S/C10H17N3O2/c1-4-6-8(11)10(15)13(5-2)7-9(14)12-3/h1,8H,5-7,11H2,2-3H3,(H,12,14). The van der Waals surface area contributed by atoms with Crippen LogP contribution in [-0.2, 0) is 9.59 Å². The molecule has 0 radical (unpaired) electrons. The molecule has 0 rings (SSSR count). The van der Waals surface area contributed by atoms with Gasteiger partial charge in [0.15, 0.2) is 0 Å². The van der Waals surface area contributed by atoms with Crippen LogP contribution in [0.4, 0.5) is 0 Å². The van der Waals surface area contributed by atoms with Crippen molar-refractivity contribution in [1.29, 1.82) is 0 Å². The fraction of sp³-hybridized carbons (Fsp3) is 0.600. The zero-order chi connectivity index (χ0) is 11.8. The fourth-order valence-electron chi connectivity index (χ4n) is 1.05. The zero-order valence-electron chi connectivity index (χ0n) is 9.12. The van der Waals surface area contributed by atoms with Gasteiger partial charge < -0.3 is 16.0 Å². The number of hydrogen-bond acceptors (Lipinski definition) is 3. The number of terminal acetylenes is 1. The van der Waals surface area contributed by atoms with E-state index >= 15 is 0 Å². The second-order valence-corrected chi connectivity index (χ2v) is 3.04. The summed E-state index contributed by atoms with van der Waals surface area (Å²) in [6.07, 6.45) is 5.24. The van der Waals surface area contributed by atoms with Crippen molar-refractivity contribution in [2.45, 2.75) is 19.4 Å². The third kappa shape index (κ3) is 4.47. The molecule has 0 aliphatic rings. The molecule has 0 fully saturated rings. The Kier molecular flexibility index (Phi) is 6.14. The molecule has 0 bridgehead atoms. The number of nitrogens with two attached hydrogens (primary N) is 1. The maximum Gasteiger partial charge on any atom is 0.240 e. The Morgan fingerprint density at radius 2 is 2.20 bits per heavy atom. The number of amides is 2. The summed E-state index contributed by atoms with van der Waals surface area (Å²) >= 11 is 0. The maximum absolute atomic E-state index is 11.6. The number of likely N-dealkylation sites (N-methyl/N-ethyl adjacent to an activating group) is 2. The summed E-state index contributed by atoms with van der Waals surface area (Å²) in [7, 11) is 1.52. The van der Waals surface area contributed by atoms with E-state index in [1.165, 1.54) is 11.9 Å². The number of carbonyl (C=O) groups excluding carboxylic acids is 2. The van der Waals surface area contributed by atoms with Gasteiger partial charge in [0, 0.05) is 20.0 Å². The second kappa shape index (κ2) is 6.85. The smallest absolute Gasteiger partial charge is 0.240 e. The van der Waals surface area contributed by atoms with Gasteiger partial charge >= 0.3 is 0 Å². The molecule has 0 heterocycles. The first-order chi connectivity index (χ1) is 7.06. The van der Waals surface area contributed by atoms with Crippen molar-refractivity contribution in [1.82, 2.24) is 10.2 Å². The van der Waals surface area contributed by atoms with Gasteiger partial charge in [-0.1, -0.05) is 0 Å². The lowest BCUT2D eigenvalue weighted by Gasteiger charge is -2.22. The van der Waals surface area contributed by atoms with Crippen LogP contribution in [0, 0.1) is 12.3 Å². The summed E-state index contributed by atoms with van der Waals surface area (Å²) < 4.78 is 0. The quantitative estimate of drug-likeness (QED) is 0.569. The number of nitrogens with one attached hydrogen (secondary N) is 1. The van der Waals surface area contributed by atoms with Crippen molar-refractivity contribution >= 4 is 11.8 Å². The molecule has 1 unspecified atom stereocenters. The summed E-state index contributed by atoms with van der Waals surface area (Å²) in [4.78, 5) is 24.1. The molecule has 84 valence electrons. The molecule has 0 aromatic rings. The highest BCUT2D eigenvalue weighted by atomic mass is 16.2. The van der Waals surface area contributed by atoms with Crippen LogP contribution in [0.3, 0.4) is 0 Å². The third-order valence-electron chi connectivity index (χ3n) is 1.96. The van der Waals surface area contributed by atoms with E-state index in [4.69, 9.17) is 12.2 Å². The lowest BCUT2D eigenvalue weighted by atomic mass is 10.2. The van der Waals surface area contributed by atoms with Crippen molar-refractivity contribution in [2.24, 2.45) is 5.73 Å². The van der Waals surface area contributed by atoms with Crippen LogP contribution in [0.5, 0.6) is 0 Å². The van der Waals surface area contributed by atoms with Crippen LogP contribution >= 0.6 is 0 Å². The van der Waals surface area contributed by atoms with Crippen molar-refractivity contribution in [3.05, 3.63) is 0 Å². The topological polar surface area (TPSA) is 75.4 Å². The first-order valence-corrected chi connectivity index (χ1v) is 4.75. The van der Waals surface area contributed by atoms with Crippen LogP contribution in [0.15, 0.2) is 0 Å². The Labute approximate surface area is 90.0 Å². The van der Waals surface area contributed by atoms with E-state index in [0.29, 0.717) is 6.54 Å². The maximum atomic E-state index is 11.6. The number of carbonyl (C=O) groups is 2. The highest BCUT2D eigenvalue weighted by Gasteiger charge is 2.20. The molecule has 0 aliphatic heterocycles. The average molecular weight is 211 g/mol. The predicted octanol–water partition coefficient (Wildman–Crippen LogP) is -1.07. The highest BCUT2D eigenvalue weighted by Crippen LogP contribution is 1.96. The van der Waals surface area contributed by atoms with Gasteiger partial charge in [-0.05, 0) is 6.92 Å². The number of rotatable bonds is 5. The van der Waals surface area contributed by atoms with Crippen LogP contribution < -0.4 is 11.1 Å². The minimum absolute atomic E-state index is 0.0180. The molecule has 0 aromatic heterocycles. The first kappa shape index (κ1) is 13.5. The van der Waals surface area contributed by atoms with Crippen molar-refractivity contribution in [3.63, 3.8) is 0 Å². The summed E-state index contributed by atoms with van der Waals surface area (Å²) in [5.41, 5.74) is 5.56. The van der Waals surface area contributed by atoms with E-state index in [9.17, 15) is 9.59 Å². The Balaban J connectivity index is 4.34. The molecule has 2 amide bonds. The Morgan fingerprint density at radius 1 is 1.60 bits per heavy atom. The van der Waals surface area contributed by atoms with Crippen molar-refractivity contribution in [3.8, 4) is 12.3 Å². The van der Waals surface area contributed by atoms with Crippen LogP contribution in [0.1, 0.15) is 13.3 Å². The van der Waals surface area contributed by atoms with E-state index in [2.05, 4.69) is 11.2 Å². The average Bonchev–Trinajstić information content (AvgIpc) is 2.24. The SMILES string of the molecule is C#CCC(N)C(=O)N(CC)CC(=O)NC. The van der Waals surface area contributed by atoms with Gasteiger partial charge in [0.25, 0.3) is 0 Å². The zero-order valence-corrected chi connectivity index (χ0v) is 9.12. The third-order valence-corrected chi connectivity index (χ3v) is 1.96. The van der Waals surface area contributed by atoms with E-state index in [0.717, 1.165) is 0 Å². The summed E-state index contributed by atoms with van der Waals surface area (Å²) in [6.45, 7) is 2.23. The van der Waals surface area contributed by atoms with Crippen LogP contribution in [0.2, 0.25) is 0 Å². The Morgan fingerprint density at radius 3 is 2.60 bits per heavy atom. The molecule has 0 aromatic carbocycles. The molecular weight excluding hydrogens is 194 g/mol. The number of nitrogens with zero attached hydrogens (tertiary/aromatic N) is 1. The minimum Gasteiger partial charge on any atom is -0.358 e. The molecule has 3 N–H and O–H groups in total. The predicted molar refractivity (Wildman–Crippen MR) is 57.7 cm³/mol. The van der Waals surface area contributed by atoms with Gasteiger partial charge in [-0.25, -0.2) is 0 Å². The molecule has 0 saturated heterocycles.